The van der Waals surface area contributed by atoms with Gasteiger partial charge in [0.25, 0.3) is 0 Å². The third-order valence-electron chi connectivity index (χ3n) is 2.78. The molecule has 0 aromatic rings. The SMILES string of the molecule is CNCC(COC)N1CC=C(C)CC1. The Morgan fingerprint density at radius 3 is 2.93 bits per heavy atom. The summed E-state index contributed by atoms with van der Waals surface area (Å²) in [5, 5.41) is 3.22. The highest BCUT2D eigenvalue weighted by Crippen LogP contribution is 2.12. The van der Waals surface area contributed by atoms with Crippen molar-refractivity contribution in [2.24, 2.45) is 0 Å². The molecule has 1 atom stereocenters. The first kappa shape index (κ1) is 11.7. The quantitative estimate of drug-likeness (QED) is 0.664. The number of nitrogens with zero attached hydrogens (tertiary/aromatic N) is 1. The lowest BCUT2D eigenvalue weighted by Gasteiger charge is -2.33. The zero-order valence-corrected chi connectivity index (χ0v) is 9.55. The molecule has 0 saturated heterocycles. The summed E-state index contributed by atoms with van der Waals surface area (Å²) < 4.78 is 5.23. The summed E-state index contributed by atoms with van der Waals surface area (Å²) in [6.45, 7) is 6.26. The molecule has 1 aliphatic rings. The van der Waals surface area contributed by atoms with Crippen molar-refractivity contribution < 1.29 is 4.74 Å². The average Bonchev–Trinajstić information content (AvgIpc) is 2.19. The zero-order chi connectivity index (χ0) is 10.4. The van der Waals surface area contributed by atoms with Crippen LogP contribution in [0.3, 0.4) is 0 Å². The predicted octanol–water partition coefficient (Wildman–Crippen LogP) is 0.873. The summed E-state index contributed by atoms with van der Waals surface area (Å²) in [6.07, 6.45) is 3.52. The van der Waals surface area contributed by atoms with E-state index in [-0.39, 0.29) is 0 Å². The van der Waals surface area contributed by atoms with Crippen molar-refractivity contribution in [3.8, 4) is 0 Å². The van der Waals surface area contributed by atoms with Crippen molar-refractivity contribution in [1.29, 1.82) is 0 Å². The van der Waals surface area contributed by atoms with E-state index in [1.165, 1.54) is 12.0 Å². The lowest BCUT2D eigenvalue weighted by molar-refractivity contribution is 0.0953. The van der Waals surface area contributed by atoms with Gasteiger partial charge in [-0.25, -0.2) is 0 Å². The van der Waals surface area contributed by atoms with Crippen molar-refractivity contribution in [2.75, 3.05) is 40.4 Å². The van der Waals surface area contributed by atoms with Crippen LogP contribution in [0.4, 0.5) is 0 Å². The van der Waals surface area contributed by atoms with Crippen LogP contribution in [-0.2, 0) is 4.74 Å². The van der Waals surface area contributed by atoms with E-state index >= 15 is 0 Å². The van der Waals surface area contributed by atoms with Crippen LogP contribution < -0.4 is 5.32 Å². The lowest BCUT2D eigenvalue weighted by Crippen LogP contribution is -2.46. The minimum absolute atomic E-state index is 0.509. The van der Waals surface area contributed by atoms with Gasteiger partial charge < -0.3 is 10.1 Å². The van der Waals surface area contributed by atoms with Crippen LogP contribution in [0.25, 0.3) is 0 Å². The minimum Gasteiger partial charge on any atom is -0.383 e. The van der Waals surface area contributed by atoms with Crippen molar-refractivity contribution in [3.63, 3.8) is 0 Å². The Hall–Kier alpha value is -0.380. The molecule has 1 unspecified atom stereocenters. The van der Waals surface area contributed by atoms with E-state index in [2.05, 4.69) is 23.2 Å². The van der Waals surface area contributed by atoms with Gasteiger partial charge in [0.15, 0.2) is 0 Å². The van der Waals surface area contributed by atoms with E-state index in [1.54, 1.807) is 7.11 Å². The Morgan fingerprint density at radius 2 is 2.43 bits per heavy atom. The molecular formula is C11H22N2O. The maximum Gasteiger partial charge on any atom is 0.0630 e. The molecule has 0 aromatic carbocycles. The van der Waals surface area contributed by atoms with Crippen molar-refractivity contribution in [2.45, 2.75) is 19.4 Å². The third-order valence-corrected chi connectivity index (χ3v) is 2.78. The molecule has 14 heavy (non-hydrogen) atoms. The molecular weight excluding hydrogens is 176 g/mol. The van der Waals surface area contributed by atoms with Gasteiger partial charge in [-0.3, -0.25) is 4.90 Å². The van der Waals surface area contributed by atoms with Gasteiger partial charge in [-0.2, -0.15) is 0 Å². The van der Waals surface area contributed by atoms with E-state index < -0.39 is 0 Å². The minimum atomic E-state index is 0.509. The summed E-state index contributed by atoms with van der Waals surface area (Å²) in [6, 6.07) is 0.509. The van der Waals surface area contributed by atoms with Crippen LogP contribution in [0.15, 0.2) is 11.6 Å². The number of methoxy groups -OCH3 is 1. The summed E-state index contributed by atoms with van der Waals surface area (Å²) in [4.78, 5) is 2.48. The second kappa shape index (κ2) is 6.17. The van der Waals surface area contributed by atoms with Crippen molar-refractivity contribution in [3.05, 3.63) is 11.6 Å². The molecule has 1 N–H and O–H groups in total. The maximum atomic E-state index is 5.23. The maximum absolute atomic E-state index is 5.23. The molecule has 1 heterocycles. The summed E-state index contributed by atoms with van der Waals surface area (Å²) in [5.41, 5.74) is 1.52. The fourth-order valence-corrected chi connectivity index (χ4v) is 1.84. The fourth-order valence-electron chi connectivity index (χ4n) is 1.84. The van der Waals surface area contributed by atoms with Gasteiger partial charge in [0.05, 0.1) is 6.61 Å². The molecule has 0 radical (unpaired) electrons. The second-order valence-electron chi connectivity index (χ2n) is 3.96. The second-order valence-corrected chi connectivity index (χ2v) is 3.96. The normalized spacial score (nSPS) is 20.6. The number of ether oxygens (including phenoxy) is 1. The smallest absolute Gasteiger partial charge is 0.0630 e. The van der Waals surface area contributed by atoms with Crippen LogP contribution >= 0.6 is 0 Å². The van der Waals surface area contributed by atoms with Gasteiger partial charge in [0, 0.05) is 32.8 Å². The molecule has 0 bridgehead atoms. The highest BCUT2D eigenvalue weighted by Gasteiger charge is 2.18. The molecule has 0 fully saturated rings. The Morgan fingerprint density at radius 1 is 1.64 bits per heavy atom. The lowest BCUT2D eigenvalue weighted by atomic mass is 10.1. The number of rotatable bonds is 5. The zero-order valence-electron chi connectivity index (χ0n) is 9.55. The van der Waals surface area contributed by atoms with Crippen LogP contribution in [0, 0.1) is 0 Å². The largest absolute Gasteiger partial charge is 0.383 e. The molecule has 0 amide bonds. The standard InChI is InChI=1S/C11H22N2O/c1-10-4-6-13(7-5-10)11(8-12-2)9-14-3/h4,11-12H,5-9H2,1-3H3. The third kappa shape index (κ3) is 3.40. The molecule has 1 rings (SSSR count). The molecule has 82 valence electrons. The molecule has 0 spiro atoms. The van der Waals surface area contributed by atoms with E-state index in [9.17, 15) is 0 Å². The first-order valence-corrected chi connectivity index (χ1v) is 5.31. The van der Waals surface area contributed by atoms with Crippen LogP contribution in [0.1, 0.15) is 13.3 Å². The topological polar surface area (TPSA) is 24.5 Å². The first-order chi connectivity index (χ1) is 6.77. The van der Waals surface area contributed by atoms with Crippen molar-refractivity contribution in [1.82, 2.24) is 10.2 Å². The first-order valence-electron chi connectivity index (χ1n) is 5.31. The van der Waals surface area contributed by atoms with Gasteiger partial charge in [-0.1, -0.05) is 11.6 Å². The van der Waals surface area contributed by atoms with E-state index in [0.717, 1.165) is 26.2 Å². The Bertz CT molecular complexity index is 186. The van der Waals surface area contributed by atoms with E-state index in [4.69, 9.17) is 4.74 Å². The molecule has 3 heteroatoms. The average molecular weight is 198 g/mol. The van der Waals surface area contributed by atoms with Crippen LogP contribution in [-0.4, -0.2) is 51.3 Å². The monoisotopic (exact) mass is 198 g/mol. The van der Waals surface area contributed by atoms with E-state index in [0.29, 0.717) is 6.04 Å². The fraction of sp³-hybridized carbons (Fsp3) is 0.818. The number of likely N-dealkylation sites (N-methyl/N-ethyl adjacent to an activating group) is 1. The molecule has 0 saturated carbocycles. The Balaban J connectivity index is 2.43. The molecule has 1 aliphatic heterocycles. The summed E-state index contributed by atoms with van der Waals surface area (Å²) in [5.74, 6) is 0. The number of nitrogens with one attached hydrogen (secondary N) is 1. The molecule has 3 nitrogen and oxygen atoms in total. The number of hydrogen-bond donors (Lipinski definition) is 1. The molecule has 0 aliphatic carbocycles. The summed E-state index contributed by atoms with van der Waals surface area (Å²) in [7, 11) is 3.77. The predicted molar refractivity (Wildman–Crippen MR) is 59.5 cm³/mol. The summed E-state index contributed by atoms with van der Waals surface area (Å²) >= 11 is 0. The van der Waals surface area contributed by atoms with Gasteiger partial charge in [-0.05, 0) is 20.4 Å². The Labute approximate surface area is 87.1 Å². The van der Waals surface area contributed by atoms with Gasteiger partial charge in [-0.15, -0.1) is 0 Å². The van der Waals surface area contributed by atoms with Crippen LogP contribution in [0.5, 0.6) is 0 Å². The highest BCUT2D eigenvalue weighted by atomic mass is 16.5. The molecule has 0 aromatic heterocycles. The van der Waals surface area contributed by atoms with E-state index in [1.807, 2.05) is 7.05 Å². The van der Waals surface area contributed by atoms with Gasteiger partial charge in [0.1, 0.15) is 0 Å². The number of hydrogen-bond acceptors (Lipinski definition) is 3. The Kier molecular flexibility index (Phi) is 5.15. The van der Waals surface area contributed by atoms with Crippen LogP contribution in [0.2, 0.25) is 0 Å². The van der Waals surface area contributed by atoms with Gasteiger partial charge in [0.2, 0.25) is 0 Å². The highest BCUT2D eigenvalue weighted by molar-refractivity contribution is 5.04. The van der Waals surface area contributed by atoms with Gasteiger partial charge >= 0.3 is 0 Å². The van der Waals surface area contributed by atoms with Crippen molar-refractivity contribution >= 4 is 0 Å².